The topological polar surface area (TPSA) is 23.8 Å². The number of hydrogen-bond acceptors (Lipinski definition) is 1. The first-order valence-electron chi connectivity index (χ1n) is 7.79. The maximum absolute atomic E-state index is 14.5. The molecule has 0 saturated carbocycles. The van der Waals surface area contributed by atoms with Gasteiger partial charge < -0.3 is 0 Å². The molecule has 0 radical (unpaired) electrons. The molecule has 0 saturated heterocycles. The number of nitrogens with zero attached hydrogens (tertiary/aromatic N) is 1. The van der Waals surface area contributed by atoms with E-state index in [1.165, 1.54) is 16.7 Å². The summed E-state index contributed by atoms with van der Waals surface area (Å²) in [6.07, 6.45) is 0. The maximum Gasteiger partial charge on any atom is 0.128 e. The van der Waals surface area contributed by atoms with E-state index >= 15 is 0 Å². The highest BCUT2D eigenvalue weighted by Crippen LogP contribution is 2.49. The van der Waals surface area contributed by atoms with E-state index in [1.54, 1.807) is 12.1 Å². The fraction of sp³-hybridized carbons (Fsp3) is 0.0952. The minimum Gasteiger partial charge on any atom is -0.207 e. The van der Waals surface area contributed by atoms with E-state index in [0.29, 0.717) is 11.1 Å². The molecule has 118 valence electrons. The predicted octanol–water partition coefficient (Wildman–Crippen LogP) is 4.89. The van der Waals surface area contributed by atoms with Crippen LogP contribution in [0, 0.1) is 17.1 Å². The fourth-order valence-corrected chi connectivity index (χ4v) is 5.51. The molecule has 3 aromatic carbocycles. The van der Waals surface area contributed by atoms with Crippen molar-refractivity contribution in [1.29, 1.82) is 5.26 Å². The van der Waals surface area contributed by atoms with Crippen LogP contribution in [-0.4, -0.2) is 0 Å². The van der Waals surface area contributed by atoms with Crippen LogP contribution in [0.15, 0.2) is 78.9 Å². The minimum absolute atomic E-state index is 0.0116. The molecule has 0 spiro atoms. The minimum atomic E-state index is -0.741. The van der Waals surface area contributed by atoms with E-state index in [9.17, 15) is 4.39 Å². The molecule has 3 aromatic rings. The Kier molecular flexibility index (Phi) is 5.04. The lowest BCUT2D eigenvalue weighted by atomic mass is 10.1. The van der Waals surface area contributed by atoms with Gasteiger partial charge in [-0.1, -0.05) is 73.7 Å². The molecule has 0 bridgehead atoms. The standard InChI is InChI=1S/C21H17FNP/c1-16(20-13-12-17(15-23)14-21(20)22)24(18-8-4-2-5-9-18)19-10-6-3-7-11-19/h2-14,16H,1H3. The number of halogens is 1. The Bertz CT molecular complexity index is 817. The fourth-order valence-electron chi connectivity index (χ4n) is 2.85. The van der Waals surface area contributed by atoms with E-state index in [2.05, 4.69) is 31.2 Å². The van der Waals surface area contributed by atoms with E-state index in [-0.39, 0.29) is 11.5 Å². The largest absolute Gasteiger partial charge is 0.207 e. The third-order valence-electron chi connectivity index (χ3n) is 4.04. The van der Waals surface area contributed by atoms with Crippen molar-refractivity contribution in [3.8, 4) is 6.07 Å². The molecule has 0 aliphatic rings. The molecule has 0 aromatic heterocycles. The van der Waals surface area contributed by atoms with Gasteiger partial charge in [-0.15, -0.1) is 0 Å². The first kappa shape index (κ1) is 16.4. The highest BCUT2D eigenvalue weighted by Gasteiger charge is 2.24. The Hall–Kier alpha value is -2.49. The van der Waals surface area contributed by atoms with Crippen molar-refractivity contribution in [2.24, 2.45) is 0 Å². The Labute approximate surface area is 143 Å². The van der Waals surface area contributed by atoms with Gasteiger partial charge in [0, 0.05) is 5.66 Å². The number of hydrogen-bond donors (Lipinski definition) is 0. The Morgan fingerprint density at radius 3 is 1.88 bits per heavy atom. The number of rotatable bonds is 4. The van der Waals surface area contributed by atoms with Crippen molar-refractivity contribution in [1.82, 2.24) is 0 Å². The van der Waals surface area contributed by atoms with Crippen LogP contribution in [0.25, 0.3) is 0 Å². The summed E-state index contributed by atoms with van der Waals surface area (Å²) >= 11 is 0. The second kappa shape index (κ2) is 7.39. The third kappa shape index (κ3) is 3.37. The van der Waals surface area contributed by atoms with Gasteiger partial charge in [-0.2, -0.15) is 5.26 Å². The molecule has 0 aliphatic carbocycles. The number of nitriles is 1. The average molecular weight is 333 g/mol. The summed E-state index contributed by atoms with van der Waals surface area (Å²) in [7, 11) is -0.741. The summed E-state index contributed by atoms with van der Waals surface area (Å²) in [5.74, 6) is -0.305. The van der Waals surface area contributed by atoms with Gasteiger partial charge in [-0.05, 0) is 36.2 Å². The lowest BCUT2D eigenvalue weighted by Gasteiger charge is -2.26. The summed E-state index contributed by atoms with van der Waals surface area (Å²) in [5.41, 5.74) is 1.03. The Morgan fingerprint density at radius 1 is 0.875 bits per heavy atom. The van der Waals surface area contributed by atoms with E-state index in [0.717, 1.165) is 0 Å². The van der Waals surface area contributed by atoms with Crippen LogP contribution in [0.1, 0.15) is 23.7 Å². The second-order valence-corrected chi connectivity index (χ2v) is 8.11. The first-order chi connectivity index (χ1) is 11.7. The highest BCUT2D eigenvalue weighted by atomic mass is 31.1. The van der Waals surface area contributed by atoms with Crippen LogP contribution in [0.3, 0.4) is 0 Å². The van der Waals surface area contributed by atoms with Gasteiger partial charge in [0.2, 0.25) is 0 Å². The molecule has 0 fully saturated rings. The molecule has 0 amide bonds. The van der Waals surface area contributed by atoms with Crippen LogP contribution < -0.4 is 10.6 Å². The van der Waals surface area contributed by atoms with Crippen LogP contribution in [0.4, 0.5) is 4.39 Å². The summed E-state index contributed by atoms with van der Waals surface area (Å²) < 4.78 is 14.5. The Balaban J connectivity index is 2.08. The van der Waals surface area contributed by atoms with Gasteiger partial charge >= 0.3 is 0 Å². The van der Waals surface area contributed by atoms with Crippen molar-refractivity contribution < 1.29 is 4.39 Å². The second-order valence-electron chi connectivity index (χ2n) is 5.57. The normalized spacial score (nSPS) is 11.9. The predicted molar refractivity (Wildman–Crippen MR) is 98.6 cm³/mol. The molecule has 1 unspecified atom stereocenters. The van der Waals surface area contributed by atoms with Crippen molar-refractivity contribution in [2.75, 3.05) is 0 Å². The number of benzene rings is 3. The molecular weight excluding hydrogens is 316 g/mol. The van der Waals surface area contributed by atoms with Crippen LogP contribution in [0.2, 0.25) is 0 Å². The van der Waals surface area contributed by atoms with Crippen molar-refractivity contribution in [3.63, 3.8) is 0 Å². The van der Waals surface area contributed by atoms with Crippen LogP contribution in [-0.2, 0) is 0 Å². The molecule has 0 N–H and O–H groups in total. The van der Waals surface area contributed by atoms with Gasteiger partial charge in [0.25, 0.3) is 0 Å². The summed E-state index contributed by atoms with van der Waals surface area (Å²) in [5, 5.41) is 11.4. The summed E-state index contributed by atoms with van der Waals surface area (Å²) in [6.45, 7) is 2.07. The molecule has 24 heavy (non-hydrogen) atoms. The van der Waals surface area contributed by atoms with Gasteiger partial charge in [0.1, 0.15) is 5.82 Å². The lowest BCUT2D eigenvalue weighted by molar-refractivity contribution is 0.610. The monoisotopic (exact) mass is 333 g/mol. The zero-order chi connectivity index (χ0) is 16.9. The SMILES string of the molecule is CC(c1ccc(C#N)cc1F)P(c1ccccc1)c1ccccc1. The maximum atomic E-state index is 14.5. The molecule has 0 heterocycles. The van der Waals surface area contributed by atoms with Crippen LogP contribution in [0.5, 0.6) is 0 Å². The van der Waals surface area contributed by atoms with Crippen molar-refractivity contribution in [3.05, 3.63) is 95.8 Å². The summed E-state index contributed by atoms with van der Waals surface area (Å²) in [4.78, 5) is 0. The quantitative estimate of drug-likeness (QED) is 0.624. The third-order valence-corrected chi connectivity index (χ3v) is 6.80. The van der Waals surface area contributed by atoms with E-state index in [1.807, 2.05) is 42.5 Å². The average Bonchev–Trinajstić information content (AvgIpc) is 2.63. The molecule has 3 heteroatoms. The van der Waals surface area contributed by atoms with Crippen LogP contribution >= 0.6 is 7.92 Å². The van der Waals surface area contributed by atoms with Gasteiger partial charge in [-0.25, -0.2) is 4.39 Å². The smallest absolute Gasteiger partial charge is 0.128 e. The van der Waals surface area contributed by atoms with Crippen molar-refractivity contribution in [2.45, 2.75) is 12.6 Å². The molecule has 0 aliphatic heterocycles. The molecule has 1 nitrogen and oxygen atoms in total. The zero-order valence-electron chi connectivity index (χ0n) is 13.4. The Morgan fingerprint density at radius 2 is 1.42 bits per heavy atom. The van der Waals surface area contributed by atoms with Gasteiger partial charge in [-0.3, -0.25) is 0 Å². The van der Waals surface area contributed by atoms with Gasteiger partial charge in [0.05, 0.1) is 11.6 Å². The molecule has 1 atom stereocenters. The van der Waals surface area contributed by atoms with Gasteiger partial charge in [0.15, 0.2) is 0 Å². The van der Waals surface area contributed by atoms with E-state index < -0.39 is 7.92 Å². The lowest BCUT2D eigenvalue weighted by Crippen LogP contribution is -2.16. The zero-order valence-corrected chi connectivity index (χ0v) is 14.2. The van der Waals surface area contributed by atoms with E-state index in [4.69, 9.17) is 5.26 Å². The highest BCUT2D eigenvalue weighted by molar-refractivity contribution is 7.73. The molecule has 3 rings (SSSR count). The summed E-state index contributed by atoms with van der Waals surface area (Å²) in [6, 6.07) is 27.3. The van der Waals surface area contributed by atoms with Crippen molar-refractivity contribution >= 4 is 18.5 Å². The molecular formula is C21H17FNP. The first-order valence-corrected chi connectivity index (χ1v) is 9.20.